The Balaban J connectivity index is 2.40. The fourth-order valence-corrected chi connectivity index (χ4v) is 2.06. The topological polar surface area (TPSA) is 20.2 Å². The van der Waals surface area contributed by atoms with Gasteiger partial charge in [-0.3, -0.25) is 0 Å². The molecule has 1 unspecified atom stereocenters. The summed E-state index contributed by atoms with van der Waals surface area (Å²) in [6, 6.07) is 5.94. The number of benzene rings is 1. The van der Waals surface area contributed by atoms with Gasteiger partial charge in [-0.1, -0.05) is 17.7 Å². The Kier molecular flexibility index (Phi) is 2.07. The van der Waals surface area contributed by atoms with E-state index in [0.29, 0.717) is 5.92 Å². The highest BCUT2D eigenvalue weighted by molar-refractivity contribution is 6.30. The third-order valence-electron chi connectivity index (χ3n) is 2.53. The van der Waals surface area contributed by atoms with Crippen LogP contribution in [0.1, 0.15) is 23.5 Å². The summed E-state index contributed by atoms with van der Waals surface area (Å²) in [6.45, 7) is 0.259. The fourth-order valence-electron chi connectivity index (χ4n) is 1.86. The van der Waals surface area contributed by atoms with E-state index < -0.39 is 0 Å². The molecule has 1 N–H and O–H groups in total. The summed E-state index contributed by atoms with van der Waals surface area (Å²) in [5, 5.41) is 9.85. The largest absolute Gasteiger partial charge is 0.396 e. The third-order valence-corrected chi connectivity index (χ3v) is 2.76. The standard InChI is InChI=1S/C10H11ClO/c11-9-3-4-10-7(5-9)1-2-8(10)6-12/h3-5,8,12H,1-2,6H2. The van der Waals surface area contributed by atoms with Crippen LogP contribution in [0.4, 0.5) is 0 Å². The van der Waals surface area contributed by atoms with Crippen molar-refractivity contribution >= 4 is 11.6 Å². The Bertz CT molecular complexity index is 296. The molecule has 1 aromatic rings. The molecule has 0 aromatic heterocycles. The van der Waals surface area contributed by atoms with Gasteiger partial charge in [-0.05, 0) is 36.1 Å². The summed E-state index contributed by atoms with van der Waals surface area (Å²) in [4.78, 5) is 0. The molecule has 0 saturated carbocycles. The van der Waals surface area contributed by atoms with Gasteiger partial charge in [0, 0.05) is 17.5 Å². The number of aryl methyl sites for hydroxylation is 1. The van der Waals surface area contributed by atoms with Gasteiger partial charge >= 0.3 is 0 Å². The minimum absolute atomic E-state index is 0.259. The number of rotatable bonds is 1. The van der Waals surface area contributed by atoms with Gasteiger partial charge in [0.25, 0.3) is 0 Å². The molecular weight excluding hydrogens is 172 g/mol. The Morgan fingerprint density at radius 3 is 3.08 bits per heavy atom. The average molecular weight is 183 g/mol. The molecule has 0 saturated heterocycles. The molecule has 1 aromatic carbocycles. The second-order valence-electron chi connectivity index (χ2n) is 3.26. The molecule has 1 aliphatic rings. The van der Waals surface area contributed by atoms with Crippen LogP contribution in [-0.4, -0.2) is 11.7 Å². The maximum Gasteiger partial charge on any atom is 0.0499 e. The van der Waals surface area contributed by atoms with Gasteiger partial charge in [-0.2, -0.15) is 0 Å². The molecule has 0 fully saturated rings. The van der Waals surface area contributed by atoms with Crippen LogP contribution in [0, 0.1) is 0 Å². The SMILES string of the molecule is OCC1CCc2cc(Cl)ccc21. The van der Waals surface area contributed by atoms with Crippen LogP contribution in [0.2, 0.25) is 5.02 Å². The van der Waals surface area contributed by atoms with Crippen molar-refractivity contribution < 1.29 is 5.11 Å². The molecule has 1 aliphatic carbocycles. The van der Waals surface area contributed by atoms with Crippen LogP contribution in [0.25, 0.3) is 0 Å². The highest BCUT2D eigenvalue weighted by atomic mass is 35.5. The summed E-state index contributed by atoms with van der Waals surface area (Å²) in [7, 11) is 0. The lowest BCUT2D eigenvalue weighted by Crippen LogP contribution is -1.98. The van der Waals surface area contributed by atoms with E-state index >= 15 is 0 Å². The van der Waals surface area contributed by atoms with Crippen LogP contribution in [0.15, 0.2) is 18.2 Å². The average Bonchev–Trinajstić information content (AvgIpc) is 2.46. The number of hydrogen-bond donors (Lipinski definition) is 1. The molecule has 0 heterocycles. The van der Waals surface area contributed by atoms with Crippen molar-refractivity contribution in [2.75, 3.05) is 6.61 Å². The number of halogens is 1. The van der Waals surface area contributed by atoms with Gasteiger partial charge in [0.15, 0.2) is 0 Å². The lowest BCUT2D eigenvalue weighted by Gasteiger charge is -2.06. The van der Waals surface area contributed by atoms with Crippen molar-refractivity contribution in [2.45, 2.75) is 18.8 Å². The second-order valence-corrected chi connectivity index (χ2v) is 3.70. The molecule has 64 valence electrons. The summed E-state index contributed by atoms with van der Waals surface area (Å²) in [5.41, 5.74) is 2.59. The number of aliphatic hydroxyl groups excluding tert-OH is 1. The van der Waals surface area contributed by atoms with Gasteiger partial charge in [0.1, 0.15) is 0 Å². The zero-order valence-electron chi connectivity index (χ0n) is 6.76. The molecule has 2 heteroatoms. The Morgan fingerprint density at radius 1 is 1.50 bits per heavy atom. The lowest BCUT2D eigenvalue weighted by molar-refractivity contribution is 0.265. The van der Waals surface area contributed by atoms with Crippen molar-refractivity contribution in [1.82, 2.24) is 0 Å². The first-order valence-electron chi connectivity index (χ1n) is 4.20. The van der Waals surface area contributed by atoms with Crippen LogP contribution >= 0.6 is 11.6 Å². The zero-order chi connectivity index (χ0) is 8.55. The number of aliphatic hydroxyl groups is 1. The van der Waals surface area contributed by atoms with Gasteiger partial charge in [0.2, 0.25) is 0 Å². The molecule has 0 bridgehead atoms. The van der Waals surface area contributed by atoms with Gasteiger partial charge < -0.3 is 5.11 Å². The molecule has 0 spiro atoms. The Labute approximate surface area is 77.0 Å². The van der Waals surface area contributed by atoms with E-state index in [0.717, 1.165) is 17.9 Å². The van der Waals surface area contributed by atoms with E-state index in [9.17, 15) is 0 Å². The molecule has 0 radical (unpaired) electrons. The quantitative estimate of drug-likeness (QED) is 0.707. The summed E-state index contributed by atoms with van der Waals surface area (Å²) < 4.78 is 0. The predicted molar refractivity (Wildman–Crippen MR) is 49.6 cm³/mol. The normalized spacial score (nSPS) is 21.0. The summed E-state index contributed by atoms with van der Waals surface area (Å²) in [5.74, 6) is 0.345. The van der Waals surface area contributed by atoms with Crippen molar-refractivity contribution in [1.29, 1.82) is 0 Å². The molecule has 1 nitrogen and oxygen atoms in total. The Hall–Kier alpha value is -0.530. The molecule has 2 rings (SSSR count). The lowest BCUT2D eigenvalue weighted by atomic mass is 10.0. The van der Waals surface area contributed by atoms with Gasteiger partial charge in [-0.25, -0.2) is 0 Å². The molecule has 1 atom stereocenters. The zero-order valence-corrected chi connectivity index (χ0v) is 7.51. The minimum Gasteiger partial charge on any atom is -0.396 e. The molecular formula is C10H11ClO. The van der Waals surface area contributed by atoms with Gasteiger partial charge in [-0.15, -0.1) is 0 Å². The van der Waals surface area contributed by atoms with Crippen LogP contribution in [0.5, 0.6) is 0 Å². The highest BCUT2D eigenvalue weighted by Gasteiger charge is 2.21. The van der Waals surface area contributed by atoms with Crippen molar-refractivity contribution in [2.24, 2.45) is 0 Å². The number of hydrogen-bond acceptors (Lipinski definition) is 1. The van der Waals surface area contributed by atoms with E-state index in [1.54, 1.807) is 0 Å². The van der Waals surface area contributed by atoms with Crippen molar-refractivity contribution in [3.8, 4) is 0 Å². The first-order valence-corrected chi connectivity index (χ1v) is 4.58. The fraction of sp³-hybridized carbons (Fsp3) is 0.400. The maximum atomic E-state index is 9.05. The molecule has 0 amide bonds. The van der Waals surface area contributed by atoms with E-state index in [-0.39, 0.29) is 6.61 Å². The van der Waals surface area contributed by atoms with E-state index in [2.05, 4.69) is 0 Å². The van der Waals surface area contributed by atoms with Crippen LogP contribution in [0.3, 0.4) is 0 Å². The van der Waals surface area contributed by atoms with E-state index in [1.807, 2.05) is 18.2 Å². The number of fused-ring (bicyclic) bond motifs is 1. The van der Waals surface area contributed by atoms with E-state index in [1.165, 1.54) is 11.1 Å². The highest BCUT2D eigenvalue weighted by Crippen LogP contribution is 2.33. The van der Waals surface area contributed by atoms with E-state index in [4.69, 9.17) is 16.7 Å². The molecule has 0 aliphatic heterocycles. The minimum atomic E-state index is 0.259. The first kappa shape index (κ1) is 8.09. The maximum absolute atomic E-state index is 9.05. The smallest absolute Gasteiger partial charge is 0.0499 e. The predicted octanol–water partition coefficient (Wildman–Crippen LogP) is 2.36. The van der Waals surface area contributed by atoms with Crippen LogP contribution in [-0.2, 0) is 6.42 Å². The summed E-state index contributed by atoms with van der Waals surface area (Å²) >= 11 is 5.85. The Morgan fingerprint density at radius 2 is 2.33 bits per heavy atom. The monoisotopic (exact) mass is 182 g/mol. The van der Waals surface area contributed by atoms with Crippen molar-refractivity contribution in [3.63, 3.8) is 0 Å². The van der Waals surface area contributed by atoms with Gasteiger partial charge in [0.05, 0.1) is 0 Å². The second kappa shape index (κ2) is 3.08. The van der Waals surface area contributed by atoms with Crippen LogP contribution < -0.4 is 0 Å². The molecule has 12 heavy (non-hydrogen) atoms. The third kappa shape index (κ3) is 1.23. The summed E-state index contributed by atoms with van der Waals surface area (Å²) in [6.07, 6.45) is 2.12. The van der Waals surface area contributed by atoms with Crippen molar-refractivity contribution in [3.05, 3.63) is 34.3 Å². The first-order chi connectivity index (χ1) is 5.81.